The molecule has 0 aliphatic rings. The molecule has 2 aromatic heterocycles. The monoisotopic (exact) mass is 297 g/mol. The van der Waals surface area contributed by atoms with E-state index in [1.54, 1.807) is 0 Å². The zero-order valence-corrected chi connectivity index (χ0v) is 13.1. The maximum Gasteiger partial charge on any atom is 0.0762 e. The summed E-state index contributed by atoms with van der Waals surface area (Å²) >= 11 is 0. The minimum atomic E-state index is 0. The van der Waals surface area contributed by atoms with Crippen molar-refractivity contribution in [2.75, 3.05) is 0 Å². The van der Waals surface area contributed by atoms with Crippen molar-refractivity contribution in [1.29, 1.82) is 0 Å². The highest BCUT2D eigenvalue weighted by atomic mass is 35.5. The van der Waals surface area contributed by atoms with Crippen LogP contribution in [0.1, 0.15) is 38.1 Å². The van der Waals surface area contributed by atoms with Crippen LogP contribution in [0.3, 0.4) is 0 Å². The first-order valence-electron chi connectivity index (χ1n) is 7.07. The summed E-state index contributed by atoms with van der Waals surface area (Å²) in [4.78, 5) is 0. The molecule has 2 rings (SSSR count). The molecule has 0 saturated carbocycles. The van der Waals surface area contributed by atoms with Crippen molar-refractivity contribution < 1.29 is 0 Å². The van der Waals surface area contributed by atoms with Crippen LogP contribution >= 0.6 is 12.4 Å². The largest absolute Gasteiger partial charge is 0.305 e. The lowest BCUT2D eigenvalue weighted by molar-refractivity contribution is 0.542. The molecule has 0 unspecified atom stereocenters. The molecule has 0 bridgehead atoms. The number of hydrogen-bond donors (Lipinski definition) is 1. The Morgan fingerprint density at radius 3 is 2.65 bits per heavy atom. The average Bonchev–Trinajstić information content (AvgIpc) is 3.01. The van der Waals surface area contributed by atoms with E-state index in [1.165, 1.54) is 5.69 Å². The molecule has 6 heteroatoms. The predicted molar refractivity (Wildman–Crippen MR) is 82.8 cm³/mol. The molecule has 5 nitrogen and oxygen atoms in total. The predicted octanol–water partition coefficient (Wildman–Crippen LogP) is 2.61. The summed E-state index contributed by atoms with van der Waals surface area (Å²) in [6, 6.07) is 4.14. The quantitative estimate of drug-likeness (QED) is 0.815. The molecule has 0 aliphatic heterocycles. The van der Waals surface area contributed by atoms with Gasteiger partial charge in [0.05, 0.1) is 11.4 Å². The Labute approximate surface area is 126 Å². The third-order valence-electron chi connectivity index (χ3n) is 3.00. The summed E-state index contributed by atoms with van der Waals surface area (Å²) in [5.74, 6) is 0. The topological polar surface area (TPSA) is 47.7 Å². The van der Waals surface area contributed by atoms with Crippen molar-refractivity contribution in [1.82, 2.24) is 24.9 Å². The Morgan fingerprint density at radius 1 is 1.10 bits per heavy atom. The summed E-state index contributed by atoms with van der Waals surface area (Å²) in [5, 5.41) is 12.2. The Morgan fingerprint density at radius 2 is 1.90 bits per heavy atom. The van der Waals surface area contributed by atoms with Gasteiger partial charge in [-0.2, -0.15) is 10.2 Å². The summed E-state index contributed by atoms with van der Waals surface area (Å²) in [6.07, 6.45) is 6.13. The molecule has 0 fully saturated rings. The first kappa shape index (κ1) is 16.7. The summed E-state index contributed by atoms with van der Waals surface area (Å²) in [6.45, 7) is 7.93. The molecular weight excluding hydrogens is 274 g/mol. The van der Waals surface area contributed by atoms with Crippen LogP contribution in [0.2, 0.25) is 0 Å². The maximum atomic E-state index is 4.51. The average molecular weight is 298 g/mol. The second kappa shape index (κ2) is 8.76. The van der Waals surface area contributed by atoms with Crippen LogP contribution in [0.4, 0.5) is 0 Å². The van der Waals surface area contributed by atoms with Crippen LogP contribution in [0.5, 0.6) is 0 Å². The van der Waals surface area contributed by atoms with E-state index in [0.29, 0.717) is 0 Å². The van der Waals surface area contributed by atoms with E-state index < -0.39 is 0 Å². The summed E-state index contributed by atoms with van der Waals surface area (Å²) < 4.78 is 4.06. The third-order valence-corrected chi connectivity index (χ3v) is 3.00. The first-order valence-corrected chi connectivity index (χ1v) is 7.07. The molecule has 112 valence electrons. The van der Waals surface area contributed by atoms with Crippen molar-refractivity contribution >= 4 is 12.4 Å². The normalized spacial score (nSPS) is 10.5. The van der Waals surface area contributed by atoms with Gasteiger partial charge in [-0.1, -0.05) is 13.8 Å². The van der Waals surface area contributed by atoms with E-state index in [2.05, 4.69) is 46.2 Å². The van der Waals surface area contributed by atoms with Crippen molar-refractivity contribution in [3.8, 4) is 0 Å². The Bertz CT molecular complexity index is 491. The molecule has 2 heterocycles. The van der Waals surface area contributed by atoms with Crippen LogP contribution in [-0.2, 0) is 26.2 Å². The minimum Gasteiger partial charge on any atom is -0.305 e. The van der Waals surface area contributed by atoms with Gasteiger partial charge in [-0.3, -0.25) is 9.36 Å². The highest BCUT2D eigenvalue weighted by Crippen LogP contribution is 2.01. The molecular formula is C14H24ClN5. The summed E-state index contributed by atoms with van der Waals surface area (Å²) in [5.41, 5.74) is 2.32. The number of rotatable bonds is 8. The van der Waals surface area contributed by atoms with Gasteiger partial charge in [0, 0.05) is 38.6 Å². The van der Waals surface area contributed by atoms with Gasteiger partial charge < -0.3 is 5.32 Å². The standard InChI is InChI=1S/C14H23N5.ClH/c1-3-8-18-10-6-13(17-18)11-15-12-14-5-7-16-19(14)9-4-2;/h5-7,10,15H,3-4,8-9,11-12H2,1-2H3;1H. The zero-order valence-electron chi connectivity index (χ0n) is 12.2. The lowest BCUT2D eigenvalue weighted by Crippen LogP contribution is -2.17. The molecule has 1 N–H and O–H groups in total. The van der Waals surface area contributed by atoms with E-state index in [0.717, 1.165) is 44.7 Å². The summed E-state index contributed by atoms with van der Waals surface area (Å²) in [7, 11) is 0. The molecule has 0 spiro atoms. The number of nitrogens with zero attached hydrogens (tertiary/aromatic N) is 4. The van der Waals surface area contributed by atoms with E-state index >= 15 is 0 Å². The van der Waals surface area contributed by atoms with E-state index in [1.807, 2.05) is 17.1 Å². The molecule has 0 radical (unpaired) electrons. The number of nitrogens with one attached hydrogen (secondary N) is 1. The molecule has 0 atom stereocenters. The van der Waals surface area contributed by atoms with Crippen LogP contribution in [0.25, 0.3) is 0 Å². The van der Waals surface area contributed by atoms with Gasteiger partial charge in [0.1, 0.15) is 0 Å². The highest BCUT2D eigenvalue weighted by molar-refractivity contribution is 5.85. The first-order chi connectivity index (χ1) is 9.33. The van der Waals surface area contributed by atoms with Crippen LogP contribution in [0.15, 0.2) is 24.5 Å². The number of aromatic nitrogens is 4. The van der Waals surface area contributed by atoms with E-state index in [-0.39, 0.29) is 12.4 Å². The van der Waals surface area contributed by atoms with E-state index in [9.17, 15) is 0 Å². The SMILES string of the molecule is CCCn1ccc(CNCc2ccnn2CCC)n1.Cl. The van der Waals surface area contributed by atoms with Gasteiger partial charge in [0.2, 0.25) is 0 Å². The highest BCUT2D eigenvalue weighted by Gasteiger charge is 2.02. The Balaban J connectivity index is 0.00000200. The zero-order chi connectivity index (χ0) is 13.5. The second-order valence-electron chi connectivity index (χ2n) is 4.72. The number of aryl methyl sites for hydroxylation is 2. The Kier molecular flexibility index (Phi) is 7.33. The van der Waals surface area contributed by atoms with Crippen molar-refractivity contribution in [2.24, 2.45) is 0 Å². The van der Waals surface area contributed by atoms with Crippen molar-refractivity contribution in [3.63, 3.8) is 0 Å². The van der Waals surface area contributed by atoms with Crippen LogP contribution < -0.4 is 5.32 Å². The smallest absolute Gasteiger partial charge is 0.0762 e. The fourth-order valence-corrected chi connectivity index (χ4v) is 2.09. The Hall–Kier alpha value is -1.33. The van der Waals surface area contributed by atoms with Crippen LogP contribution in [-0.4, -0.2) is 19.6 Å². The van der Waals surface area contributed by atoms with Gasteiger partial charge in [0.15, 0.2) is 0 Å². The molecule has 0 amide bonds. The number of hydrogen-bond acceptors (Lipinski definition) is 3. The van der Waals surface area contributed by atoms with Gasteiger partial charge in [-0.05, 0) is 25.0 Å². The van der Waals surface area contributed by atoms with E-state index in [4.69, 9.17) is 0 Å². The molecule has 0 aromatic carbocycles. The van der Waals surface area contributed by atoms with Gasteiger partial charge in [0.25, 0.3) is 0 Å². The lowest BCUT2D eigenvalue weighted by Gasteiger charge is -2.06. The van der Waals surface area contributed by atoms with Crippen LogP contribution in [0, 0.1) is 0 Å². The molecule has 0 aliphatic carbocycles. The fraction of sp³-hybridized carbons (Fsp3) is 0.571. The molecule has 2 aromatic rings. The third kappa shape index (κ3) is 4.65. The number of halogens is 1. The lowest BCUT2D eigenvalue weighted by atomic mass is 10.3. The van der Waals surface area contributed by atoms with Crippen molar-refractivity contribution in [2.45, 2.75) is 52.9 Å². The second-order valence-corrected chi connectivity index (χ2v) is 4.72. The minimum absolute atomic E-state index is 0. The van der Waals surface area contributed by atoms with Crippen molar-refractivity contribution in [3.05, 3.63) is 35.9 Å². The van der Waals surface area contributed by atoms with Gasteiger partial charge in [-0.25, -0.2) is 0 Å². The van der Waals surface area contributed by atoms with Gasteiger partial charge in [-0.15, -0.1) is 12.4 Å². The van der Waals surface area contributed by atoms with Gasteiger partial charge >= 0.3 is 0 Å². The maximum absolute atomic E-state index is 4.51. The molecule has 0 saturated heterocycles. The fourth-order valence-electron chi connectivity index (χ4n) is 2.09. The molecule has 20 heavy (non-hydrogen) atoms.